The van der Waals surface area contributed by atoms with Gasteiger partial charge >= 0.3 is 5.97 Å². The van der Waals surface area contributed by atoms with Crippen molar-refractivity contribution in [3.8, 4) is 11.3 Å². The van der Waals surface area contributed by atoms with Gasteiger partial charge in [0.15, 0.2) is 14.5 Å². The average Bonchev–Trinajstić information content (AvgIpc) is 3.32. The number of esters is 1. The molecule has 14 heteroatoms. The number of nitrogens with zero attached hydrogens (tertiary/aromatic N) is 5. The molecule has 0 aliphatic rings. The van der Waals surface area contributed by atoms with Crippen molar-refractivity contribution in [3.63, 3.8) is 0 Å². The van der Waals surface area contributed by atoms with Crippen LogP contribution in [-0.4, -0.2) is 48.2 Å². The van der Waals surface area contributed by atoms with Crippen LogP contribution in [0.1, 0.15) is 24.2 Å². The number of aromatic nitrogens is 3. The molecule has 0 spiro atoms. The molecule has 0 aliphatic carbocycles. The van der Waals surface area contributed by atoms with E-state index >= 15 is 0 Å². The molecule has 164 valence electrons. The maximum absolute atomic E-state index is 12.4. The van der Waals surface area contributed by atoms with E-state index in [9.17, 15) is 13.2 Å². The molecular weight excluding hydrogens is 480 g/mol. The number of rotatable bonds is 9. The predicted molar refractivity (Wildman–Crippen MR) is 122 cm³/mol. The lowest BCUT2D eigenvalue weighted by Crippen LogP contribution is -2.09. The lowest BCUT2D eigenvalue weighted by Gasteiger charge is -2.07. The number of nitrogens with one attached hydrogen (secondary N) is 1. The molecule has 0 atom stereocenters. The Morgan fingerprint density at radius 3 is 2.68 bits per heavy atom. The first-order valence-electron chi connectivity index (χ1n) is 8.94. The number of benzene rings is 1. The van der Waals surface area contributed by atoms with Gasteiger partial charge in [0.2, 0.25) is 10.0 Å². The molecule has 0 saturated heterocycles. The van der Waals surface area contributed by atoms with Crippen molar-refractivity contribution < 1.29 is 17.9 Å². The normalized spacial score (nSPS) is 11.7. The van der Waals surface area contributed by atoms with Gasteiger partial charge in [-0.05, 0) is 18.7 Å². The molecule has 10 nitrogen and oxygen atoms in total. The number of hydrogen-bond acceptors (Lipinski definition) is 12. The molecule has 0 aliphatic heterocycles. The van der Waals surface area contributed by atoms with E-state index in [4.69, 9.17) is 4.74 Å². The highest BCUT2D eigenvalue weighted by Gasteiger charge is 2.21. The first-order valence-corrected chi connectivity index (χ1v) is 13.4. The minimum absolute atomic E-state index is 0.101. The van der Waals surface area contributed by atoms with Crippen molar-refractivity contribution >= 4 is 65.7 Å². The van der Waals surface area contributed by atoms with E-state index in [0.29, 0.717) is 21.4 Å². The largest absolute Gasteiger partial charge is 0.462 e. The lowest BCUT2D eigenvalue weighted by molar-refractivity contribution is 0.0527. The number of anilines is 1. The minimum Gasteiger partial charge on any atom is -0.462 e. The molecule has 2 heterocycles. The first-order chi connectivity index (χ1) is 14.8. The fourth-order valence-electron chi connectivity index (χ4n) is 2.35. The third-order valence-electron chi connectivity index (χ3n) is 3.45. The number of thioether (sulfide) groups is 1. The van der Waals surface area contributed by atoms with Crippen LogP contribution in [0.4, 0.5) is 15.3 Å². The summed E-state index contributed by atoms with van der Waals surface area (Å²) in [5.74, 6) is 0.340. The molecule has 3 rings (SSSR count). The van der Waals surface area contributed by atoms with Crippen molar-refractivity contribution in [1.82, 2.24) is 15.2 Å². The molecule has 0 radical (unpaired) electrons. The lowest BCUT2D eigenvalue weighted by atomic mass is 10.1. The van der Waals surface area contributed by atoms with E-state index in [1.54, 1.807) is 43.0 Å². The molecule has 0 unspecified atom stereocenters. The summed E-state index contributed by atoms with van der Waals surface area (Å²) in [6.07, 6.45) is 1.02. The third kappa shape index (κ3) is 6.29. The fourth-order valence-corrected chi connectivity index (χ4v) is 5.54. The Bertz CT molecular complexity index is 1200. The van der Waals surface area contributed by atoms with Gasteiger partial charge in [0.1, 0.15) is 5.69 Å². The maximum atomic E-state index is 12.4. The van der Waals surface area contributed by atoms with E-state index in [2.05, 4.69) is 30.1 Å². The number of hydrogen-bond donors (Lipinski definition) is 1. The summed E-state index contributed by atoms with van der Waals surface area (Å²) >= 11 is 3.82. The van der Waals surface area contributed by atoms with Crippen LogP contribution in [0.25, 0.3) is 11.3 Å². The zero-order valence-electron chi connectivity index (χ0n) is 16.7. The van der Waals surface area contributed by atoms with Crippen LogP contribution < -0.4 is 4.72 Å². The van der Waals surface area contributed by atoms with E-state index in [1.165, 1.54) is 11.3 Å². The molecule has 0 fully saturated rings. The predicted octanol–water partition coefficient (Wildman–Crippen LogP) is 4.74. The van der Waals surface area contributed by atoms with Crippen molar-refractivity contribution in [2.24, 2.45) is 10.2 Å². The van der Waals surface area contributed by atoms with Crippen molar-refractivity contribution in [2.45, 2.75) is 18.2 Å². The zero-order valence-corrected chi connectivity index (χ0v) is 20.0. The fraction of sp³-hybridized carbons (Fsp3) is 0.294. The van der Waals surface area contributed by atoms with Crippen molar-refractivity contribution in [3.05, 3.63) is 29.8 Å². The molecular formula is C17H18N6O4S4. The van der Waals surface area contributed by atoms with E-state index in [1.807, 2.05) is 6.92 Å². The van der Waals surface area contributed by atoms with Gasteiger partial charge < -0.3 is 4.74 Å². The molecule has 2 aromatic heterocycles. The summed E-state index contributed by atoms with van der Waals surface area (Å²) in [5, 5.41) is 17.1. The SMILES string of the molecule is CCOC(=O)c1ccccc1-c1nc(NS(C)(=O)=O)sc1/N=N/c1nnc(SCC)s1. The second-order valence-corrected chi connectivity index (χ2v) is 11.0. The van der Waals surface area contributed by atoms with Crippen LogP contribution in [0, 0.1) is 0 Å². The van der Waals surface area contributed by atoms with Gasteiger partial charge in [-0.3, -0.25) is 4.72 Å². The van der Waals surface area contributed by atoms with Crippen LogP contribution in [0.2, 0.25) is 0 Å². The number of carbonyl (C=O) groups is 1. The standard InChI is InChI=1S/C17H18N6O4S4/c1-4-27-14(24)11-9-7-6-8-10(11)12-13(29-15(18-12)23-31(3,25)26)19-20-16-21-22-17(30-16)28-5-2/h6-9H,4-5H2,1-3H3,(H,18,23)/b20-19+. The number of thiazole rings is 1. The Hall–Kier alpha value is -2.42. The number of carbonyl (C=O) groups excluding carboxylic acids is 1. The third-order valence-corrected chi connectivity index (χ3v) is 6.82. The molecule has 0 amide bonds. The smallest absolute Gasteiger partial charge is 0.338 e. The van der Waals surface area contributed by atoms with Crippen LogP contribution in [0.5, 0.6) is 0 Å². The summed E-state index contributed by atoms with van der Waals surface area (Å²) in [7, 11) is -3.56. The van der Waals surface area contributed by atoms with Gasteiger partial charge in [-0.2, -0.15) is 0 Å². The molecule has 3 aromatic rings. The average molecular weight is 499 g/mol. The summed E-state index contributed by atoms with van der Waals surface area (Å²) in [6.45, 7) is 3.94. The van der Waals surface area contributed by atoms with Gasteiger partial charge in [-0.1, -0.05) is 59.6 Å². The van der Waals surface area contributed by atoms with Gasteiger partial charge in [-0.25, -0.2) is 18.2 Å². The van der Waals surface area contributed by atoms with Gasteiger partial charge in [0.25, 0.3) is 5.13 Å². The Labute approximate surface area is 191 Å². The summed E-state index contributed by atoms with van der Waals surface area (Å²) in [4.78, 5) is 16.7. The number of sulfonamides is 1. The highest BCUT2D eigenvalue weighted by molar-refractivity contribution is 8.01. The zero-order chi connectivity index (χ0) is 22.4. The van der Waals surface area contributed by atoms with E-state index in [0.717, 1.165) is 27.7 Å². The monoisotopic (exact) mass is 498 g/mol. The van der Waals surface area contributed by atoms with Gasteiger partial charge in [-0.15, -0.1) is 20.4 Å². The Kier molecular flexibility index (Phi) is 7.69. The Morgan fingerprint density at radius 1 is 1.19 bits per heavy atom. The minimum atomic E-state index is -3.56. The maximum Gasteiger partial charge on any atom is 0.338 e. The van der Waals surface area contributed by atoms with Crippen LogP contribution in [0.15, 0.2) is 38.8 Å². The highest BCUT2D eigenvalue weighted by atomic mass is 32.2. The number of azo groups is 1. The quantitative estimate of drug-likeness (QED) is 0.254. The first kappa shape index (κ1) is 23.2. The molecule has 0 bridgehead atoms. The highest BCUT2D eigenvalue weighted by Crippen LogP contribution is 2.41. The molecule has 0 saturated carbocycles. The van der Waals surface area contributed by atoms with Gasteiger partial charge in [0.05, 0.1) is 18.4 Å². The van der Waals surface area contributed by atoms with Crippen molar-refractivity contribution in [1.29, 1.82) is 0 Å². The molecule has 31 heavy (non-hydrogen) atoms. The molecule has 1 aromatic carbocycles. The Balaban J connectivity index is 2.05. The van der Waals surface area contributed by atoms with E-state index in [-0.39, 0.29) is 17.3 Å². The van der Waals surface area contributed by atoms with Gasteiger partial charge in [0, 0.05) is 5.56 Å². The topological polar surface area (TPSA) is 136 Å². The van der Waals surface area contributed by atoms with Crippen molar-refractivity contribution in [2.75, 3.05) is 23.3 Å². The second kappa shape index (κ2) is 10.3. The summed E-state index contributed by atoms with van der Waals surface area (Å²) < 4.78 is 31.6. The van der Waals surface area contributed by atoms with Crippen LogP contribution >= 0.6 is 34.4 Å². The van der Waals surface area contributed by atoms with E-state index < -0.39 is 16.0 Å². The van der Waals surface area contributed by atoms with Crippen LogP contribution in [-0.2, 0) is 14.8 Å². The van der Waals surface area contributed by atoms with Crippen LogP contribution in [0.3, 0.4) is 0 Å². The summed E-state index contributed by atoms with van der Waals surface area (Å²) in [6, 6.07) is 6.73. The molecule has 1 N–H and O–H groups in total. The Morgan fingerprint density at radius 2 is 1.97 bits per heavy atom. The second-order valence-electron chi connectivity index (χ2n) is 5.80. The summed E-state index contributed by atoms with van der Waals surface area (Å²) in [5.41, 5.74) is 1.04. The number of ether oxygens (including phenoxy) is 1.